The molecule has 8 aromatic carbocycles. The largest absolute Gasteiger partial charge is 0.208 e. The lowest BCUT2D eigenvalue weighted by atomic mass is 9.67. The van der Waals surface area contributed by atoms with Crippen molar-refractivity contribution in [1.82, 2.24) is 15.0 Å². The van der Waals surface area contributed by atoms with E-state index in [1.54, 1.807) is 12.1 Å². The molecule has 3 nitrogen and oxygen atoms in total. The van der Waals surface area contributed by atoms with Gasteiger partial charge in [-0.3, -0.25) is 0 Å². The zero-order valence-corrected chi connectivity index (χ0v) is 31.0. The molecule has 0 unspecified atom stereocenters. The average Bonchev–Trinajstić information content (AvgIpc) is 3.81. The van der Waals surface area contributed by atoms with E-state index >= 15 is 0 Å². The molecular formula is C52H33N3S. The minimum absolute atomic E-state index is 0.438. The van der Waals surface area contributed by atoms with Crippen LogP contribution in [0, 0.1) is 0 Å². The van der Waals surface area contributed by atoms with Gasteiger partial charge >= 0.3 is 0 Å². The van der Waals surface area contributed by atoms with Crippen LogP contribution in [-0.4, -0.2) is 15.0 Å². The number of nitrogens with zero attached hydrogens (tertiary/aromatic N) is 3. The monoisotopic (exact) mass is 732 g/mol. The molecule has 2 aromatic heterocycles. The Kier molecular flexibility index (Phi) is 7.33. The summed E-state index contributed by atoms with van der Waals surface area (Å²) in [6.07, 6.45) is 0. The number of fused-ring (bicyclic) bond motifs is 6. The Labute approximate surface area is 330 Å². The van der Waals surface area contributed by atoms with Gasteiger partial charge in [0.15, 0.2) is 17.5 Å². The van der Waals surface area contributed by atoms with Crippen molar-refractivity contribution in [2.75, 3.05) is 0 Å². The van der Waals surface area contributed by atoms with Gasteiger partial charge in [0, 0.05) is 36.9 Å². The summed E-state index contributed by atoms with van der Waals surface area (Å²) in [4.78, 5) is 15.6. The van der Waals surface area contributed by atoms with Gasteiger partial charge in [0.1, 0.15) is 0 Å². The van der Waals surface area contributed by atoms with Crippen molar-refractivity contribution >= 4 is 31.5 Å². The molecule has 11 rings (SSSR count). The van der Waals surface area contributed by atoms with Gasteiger partial charge in [0.2, 0.25) is 0 Å². The fourth-order valence-corrected chi connectivity index (χ4v) is 9.98. The van der Waals surface area contributed by atoms with Crippen LogP contribution >= 0.6 is 11.3 Å². The summed E-state index contributed by atoms with van der Waals surface area (Å²) < 4.78 is 10.7. The third-order valence-corrected chi connectivity index (χ3v) is 12.4. The fraction of sp³-hybridized carbons (Fsp3) is 0.0192. The second-order valence-corrected chi connectivity index (χ2v) is 15.3. The topological polar surface area (TPSA) is 38.7 Å². The molecular weight excluding hydrogens is 699 g/mol. The summed E-state index contributed by atoms with van der Waals surface area (Å²) in [7, 11) is 0. The number of aromatic nitrogens is 3. The fourth-order valence-electron chi connectivity index (χ4n) is 8.74. The number of hydrogen-bond donors (Lipinski definition) is 0. The molecule has 0 saturated carbocycles. The summed E-state index contributed by atoms with van der Waals surface area (Å²) in [6, 6.07) is 68.6. The van der Waals surface area contributed by atoms with Crippen LogP contribution < -0.4 is 0 Å². The van der Waals surface area contributed by atoms with E-state index in [1.165, 1.54) is 48.0 Å². The van der Waals surface area contributed by atoms with Crippen molar-refractivity contribution in [3.63, 3.8) is 0 Å². The molecule has 0 aliphatic heterocycles. The molecule has 262 valence electrons. The van der Waals surface area contributed by atoms with Gasteiger partial charge in [0.05, 0.1) is 6.79 Å². The second-order valence-electron chi connectivity index (χ2n) is 14.2. The van der Waals surface area contributed by atoms with Gasteiger partial charge in [-0.2, -0.15) is 0 Å². The van der Waals surface area contributed by atoms with Crippen molar-refractivity contribution in [2.45, 2.75) is 5.41 Å². The Morgan fingerprint density at radius 1 is 0.393 bits per heavy atom. The summed E-state index contributed by atoms with van der Waals surface area (Å²) in [5, 5.41) is 2.57. The van der Waals surface area contributed by atoms with Crippen LogP contribution in [0.5, 0.6) is 0 Å². The van der Waals surface area contributed by atoms with Crippen LogP contribution in [0.2, 0.25) is 0 Å². The predicted molar refractivity (Wildman–Crippen MR) is 232 cm³/mol. The molecule has 0 spiro atoms. The van der Waals surface area contributed by atoms with E-state index in [0.29, 0.717) is 23.5 Å². The lowest BCUT2D eigenvalue weighted by Crippen LogP contribution is -2.28. The number of rotatable bonds is 6. The minimum atomic E-state index is -0.541. The molecule has 0 fully saturated rings. The Bertz CT molecular complexity index is 3080. The van der Waals surface area contributed by atoms with Crippen molar-refractivity contribution in [2.24, 2.45) is 0 Å². The normalized spacial score (nSPS) is 13.0. The quantitative estimate of drug-likeness (QED) is 0.171. The van der Waals surface area contributed by atoms with Crippen LogP contribution in [0.1, 0.15) is 23.6 Å². The molecule has 0 saturated heterocycles. The van der Waals surface area contributed by atoms with Crippen molar-refractivity contribution in [1.29, 1.82) is 0 Å². The summed E-state index contributed by atoms with van der Waals surface area (Å²) >= 11 is 1.84. The molecule has 0 amide bonds. The smallest absolute Gasteiger partial charge is 0.164 e. The van der Waals surface area contributed by atoms with Crippen LogP contribution in [0.3, 0.4) is 0 Å². The maximum Gasteiger partial charge on any atom is 0.164 e. The Morgan fingerprint density at radius 2 is 0.929 bits per heavy atom. The third kappa shape index (κ3) is 5.00. The Balaban J connectivity index is 1.11. The van der Waals surface area contributed by atoms with Crippen LogP contribution in [0.25, 0.3) is 76.6 Å². The van der Waals surface area contributed by atoms with Crippen molar-refractivity contribution < 1.29 is 1.37 Å². The first-order valence-electron chi connectivity index (χ1n) is 19.4. The highest BCUT2D eigenvalue weighted by atomic mass is 32.1. The molecule has 0 atom stereocenters. The van der Waals surface area contributed by atoms with Crippen molar-refractivity contribution in [3.8, 4) is 56.4 Å². The standard InChI is InChI=1S/C52H33N3S/c1-4-16-35(17-5-1)49-53-50(36-32-30-34(31-33-36)39-24-14-25-41-40-22-11-13-29-46(40)56-48(39)41)55-51(54-49)43-26-15-28-45-47(43)42-23-10-12-27-44(42)52(45,37-18-6-2-7-19-37)38-20-8-3-9-21-38/h1-33H/i1D. The van der Waals surface area contributed by atoms with E-state index in [0.717, 1.165) is 33.4 Å². The van der Waals surface area contributed by atoms with Gasteiger partial charge in [0.25, 0.3) is 0 Å². The van der Waals surface area contributed by atoms with Gasteiger partial charge < -0.3 is 0 Å². The molecule has 10 aromatic rings. The zero-order chi connectivity index (χ0) is 37.9. The SMILES string of the molecule is [2H]c1ccc(-c2nc(-c3ccc(-c4cccc5c4sc4ccccc45)cc3)nc(-c3cccc4c3-c3ccccc3C4(c3ccccc3)c3ccccc3)n2)cc1. The third-order valence-electron chi connectivity index (χ3n) is 11.2. The molecule has 56 heavy (non-hydrogen) atoms. The highest BCUT2D eigenvalue weighted by Gasteiger charge is 2.47. The van der Waals surface area contributed by atoms with Gasteiger partial charge in [-0.05, 0) is 50.6 Å². The van der Waals surface area contributed by atoms with Gasteiger partial charge in [-0.15, -0.1) is 11.3 Å². The minimum Gasteiger partial charge on any atom is -0.208 e. The van der Waals surface area contributed by atoms with Crippen LogP contribution in [-0.2, 0) is 5.41 Å². The van der Waals surface area contributed by atoms with Gasteiger partial charge in [-0.1, -0.05) is 194 Å². The molecule has 4 heteroatoms. The maximum atomic E-state index is 8.16. The molecule has 1 aliphatic carbocycles. The number of hydrogen-bond acceptors (Lipinski definition) is 4. The molecule has 0 N–H and O–H groups in total. The highest BCUT2D eigenvalue weighted by Crippen LogP contribution is 2.58. The highest BCUT2D eigenvalue weighted by molar-refractivity contribution is 7.26. The van der Waals surface area contributed by atoms with E-state index in [1.807, 2.05) is 23.5 Å². The Hall–Kier alpha value is -7.01. The van der Waals surface area contributed by atoms with E-state index < -0.39 is 5.41 Å². The number of benzene rings is 8. The van der Waals surface area contributed by atoms with Crippen LogP contribution in [0.15, 0.2) is 200 Å². The number of thiophene rings is 1. The van der Waals surface area contributed by atoms with Crippen molar-refractivity contribution in [3.05, 3.63) is 222 Å². The Morgan fingerprint density at radius 3 is 1.68 bits per heavy atom. The van der Waals surface area contributed by atoms with Gasteiger partial charge in [-0.25, -0.2) is 15.0 Å². The summed E-state index contributed by atoms with van der Waals surface area (Å²) in [6.45, 7) is 0. The lowest BCUT2D eigenvalue weighted by molar-refractivity contribution is 0.768. The molecule has 1 aliphatic rings. The predicted octanol–water partition coefficient (Wildman–Crippen LogP) is 13.3. The first-order valence-corrected chi connectivity index (χ1v) is 19.7. The summed E-state index contributed by atoms with van der Waals surface area (Å²) in [5.41, 5.74) is 11.6. The van der Waals surface area contributed by atoms with Crippen LogP contribution in [0.4, 0.5) is 0 Å². The van der Waals surface area contributed by atoms with E-state index in [4.69, 9.17) is 16.3 Å². The maximum absolute atomic E-state index is 8.16. The first-order chi connectivity index (χ1) is 28.2. The second kappa shape index (κ2) is 13.1. The van der Waals surface area contributed by atoms with E-state index in [-0.39, 0.29) is 0 Å². The first kappa shape index (κ1) is 31.4. The summed E-state index contributed by atoms with van der Waals surface area (Å²) in [5.74, 6) is 1.76. The zero-order valence-electron chi connectivity index (χ0n) is 31.2. The van der Waals surface area contributed by atoms with E-state index in [9.17, 15) is 0 Å². The lowest BCUT2D eigenvalue weighted by Gasteiger charge is -2.33. The van der Waals surface area contributed by atoms with E-state index in [2.05, 4.69) is 170 Å². The molecule has 2 heterocycles. The average molecular weight is 733 g/mol. The molecule has 0 radical (unpaired) electrons. The molecule has 0 bridgehead atoms.